The Morgan fingerprint density at radius 3 is 2.33 bits per heavy atom. The van der Waals surface area contributed by atoms with Crippen molar-refractivity contribution in [3.8, 4) is 0 Å². The Balaban J connectivity index is 2.35. The van der Waals surface area contributed by atoms with Gasteiger partial charge in [-0.05, 0) is 6.42 Å². The molecule has 0 aliphatic carbocycles. The Labute approximate surface area is 107 Å². The van der Waals surface area contributed by atoms with Crippen LogP contribution in [0.4, 0.5) is 0 Å². The number of rotatable bonds is 7. The van der Waals surface area contributed by atoms with Gasteiger partial charge in [-0.1, -0.05) is 26.2 Å². The lowest BCUT2D eigenvalue weighted by Crippen LogP contribution is -2.59. The third-order valence-electron chi connectivity index (χ3n) is 3.13. The van der Waals surface area contributed by atoms with Crippen molar-refractivity contribution in [2.45, 2.75) is 63.3 Å². The first kappa shape index (κ1) is 15.8. The summed E-state index contributed by atoms with van der Waals surface area (Å²) in [7, 11) is 0. The van der Waals surface area contributed by atoms with E-state index in [-0.39, 0.29) is 0 Å². The molecule has 1 heterocycles. The van der Waals surface area contributed by atoms with Gasteiger partial charge in [-0.3, -0.25) is 0 Å². The van der Waals surface area contributed by atoms with Crippen LogP contribution in [0.3, 0.4) is 0 Å². The van der Waals surface area contributed by atoms with Gasteiger partial charge in [0, 0.05) is 6.61 Å². The van der Waals surface area contributed by atoms with E-state index >= 15 is 0 Å². The maximum absolute atomic E-state index is 9.68. The number of aliphatic hydroxyl groups is 4. The lowest BCUT2D eigenvalue weighted by Gasteiger charge is -2.39. The lowest BCUT2D eigenvalue weighted by molar-refractivity contribution is -0.301. The van der Waals surface area contributed by atoms with Gasteiger partial charge in [-0.25, -0.2) is 0 Å². The summed E-state index contributed by atoms with van der Waals surface area (Å²) in [5, 5.41) is 37.8. The molecule has 0 amide bonds. The van der Waals surface area contributed by atoms with Gasteiger partial charge in [0.25, 0.3) is 0 Å². The summed E-state index contributed by atoms with van der Waals surface area (Å²) < 4.78 is 10.5. The van der Waals surface area contributed by atoms with Crippen LogP contribution >= 0.6 is 0 Å². The first-order valence-corrected chi connectivity index (χ1v) is 6.54. The van der Waals surface area contributed by atoms with E-state index in [1.54, 1.807) is 0 Å². The molecular formula is C12H24O6. The van der Waals surface area contributed by atoms with Crippen LogP contribution in [0.1, 0.15) is 32.6 Å². The van der Waals surface area contributed by atoms with Crippen LogP contribution in [-0.4, -0.2) is 64.3 Å². The smallest absolute Gasteiger partial charge is 0.186 e. The lowest BCUT2D eigenvalue weighted by atomic mass is 9.99. The average Bonchev–Trinajstić information content (AvgIpc) is 2.38. The fourth-order valence-electron chi connectivity index (χ4n) is 1.93. The molecule has 0 radical (unpaired) electrons. The van der Waals surface area contributed by atoms with Gasteiger partial charge in [0.05, 0.1) is 6.61 Å². The highest BCUT2D eigenvalue weighted by atomic mass is 16.7. The second-order valence-corrected chi connectivity index (χ2v) is 4.63. The third-order valence-corrected chi connectivity index (χ3v) is 3.13. The molecule has 1 aliphatic rings. The molecule has 1 fully saturated rings. The van der Waals surface area contributed by atoms with Gasteiger partial charge in [0.15, 0.2) is 6.29 Å². The molecule has 0 spiro atoms. The number of unbranched alkanes of at least 4 members (excludes halogenated alkanes) is 3. The van der Waals surface area contributed by atoms with E-state index in [9.17, 15) is 15.3 Å². The summed E-state index contributed by atoms with van der Waals surface area (Å²) in [6.07, 6.45) is -1.75. The predicted octanol–water partition coefficient (Wildman–Crippen LogP) is -0.617. The quantitative estimate of drug-likeness (QED) is 0.458. The monoisotopic (exact) mass is 264 g/mol. The highest BCUT2D eigenvalue weighted by molar-refractivity contribution is 4.88. The molecule has 1 rings (SSSR count). The maximum atomic E-state index is 9.68. The normalized spacial score (nSPS) is 36.8. The molecule has 5 atom stereocenters. The third kappa shape index (κ3) is 4.15. The van der Waals surface area contributed by atoms with E-state index in [1.807, 2.05) is 0 Å². The molecule has 0 aromatic heterocycles. The van der Waals surface area contributed by atoms with Crippen molar-refractivity contribution in [2.75, 3.05) is 13.2 Å². The van der Waals surface area contributed by atoms with Gasteiger partial charge >= 0.3 is 0 Å². The van der Waals surface area contributed by atoms with Crippen LogP contribution in [0.25, 0.3) is 0 Å². The van der Waals surface area contributed by atoms with Crippen molar-refractivity contribution in [2.24, 2.45) is 0 Å². The van der Waals surface area contributed by atoms with E-state index in [0.29, 0.717) is 6.61 Å². The minimum absolute atomic E-state index is 0.419. The van der Waals surface area contributed by atoms with Crippen molar-refractivity contribution < 1.29 is 29.9 Å². The topological polar surface area (TPSA) is 99.4 Å². The molecule has 18 heavy (non-hydrogen) atoms. The molecule has 108 valence electrons. The van der Waals surface area contributed by atoms with Crippen LogP contribution < -0.4 is 0 Å². The summed E-state index contributed by atoms with van der Waals surface area (Å²) in [5.74, 6) is 0. The maximum Gasteiger partial charge on any atom is 0.186 e. The molecule has 0 unspecified atom stereocenters. The summed E-state index contributed by atoms with van der Waals surface area (Å²) in [4.78, 5) is 0. The first-order chi connectivity index (χ1) is 8.61. The first-order valence-electron chi connectivity index (χ1n) is 6.54. The van der Waals surface area contributed by atoms with Gasteiger partial charge in [0.2, 0.25) is 0 Å². The number of aliphatic hydroxyl groups excluding tert-OH is 4. The van der Waals surface area contributed by atoms with Gasteiger partial charge in [-0.15, -0.1) is 0 Å². The molecule has 0 saturated carbocycles. The van der Waals surface area contributed by atoms with Crippen molar-refractivity contribution in [3.05, 3.63) is 0 Å². The van der Waals surface area contributed by atoms with E-state index in [2.05, 4.69) is 6.92 Å². The summed E-state index contributed by atoms with van der Waals surface area (Å²) in [6.45, 7) is 2.10. The molecule has 6 nitrogen and oxygen atoms in total. The number of ether oxygens (including phenoxy) is 2. The van der Waals surface area contributed by atoms with E-state index in [0.717, 1.165) is 25.7 Å². The fourth-order valence-corrected chi connectivity index (χ4v) is 1.93. The van der Waals surface area contributed by atoms with E-state index < -0.39 is 37.3 Å². The number of hydrogen-bond acceptors (Lipinski definition) is 6. The Hall–Kier alpha value is -0.240. The van der Waals surface area contributed by atoms with Gasteiger partial charge in [-0.2, -0.15) is 0 Å². The molecule has 1 aliphatic heterocycles. The van der Waals surface area contributed by atoms with Crippen molar-refractivity contribution in [1.82, 2.24) is 0 Å². The van der Waals surface area contributed by atoms with Gasteiger partial charge in [0.1, 0.15) is 24.4 Å². The Kier molecular flexibility index (Phi) is 7.06. The summed E-state index contributed by atoms with van der Waals surface area (Å²) in [5.41, 5.74) is 0. The van der Waals surface area contributed by atoms with Crippen molar-refractivity contribution in [1.29, 1.82) is 0 Å². The van der Waals surface area contributed by atoms with E-state index in [4.69, 9.17) is 14.6 Å². The van der Waals surface area contributed by atoms with Crippen LogP contribution in [0.15, 0.2) is 0 Å². The molecule has 6 heteroatoms. The van der Waals surface area contributed by atoms with Crippen LogP contribution in [0.5, 0.6) is 0 Å². The summed E-state index contributed by atoms with van der Waals surface area (Å²) >= 11 is 0. The highest BCUT2D eigenvalue weighted by Crippen LogP contribution is 2.22. The second kappa shape index (κ2) is 8.04. The highest BCUT2D eigenvalue weighted by Gasteiger charge is 2.43. The Morgan fingerprint density at radius 1 is 1.00 bits per heavy atom. The summed E-state index contributed by atoms with van der Waals surface area (Å²) in [6, 6.07) is 0. The minimum Gasteiger partial charge on any atom is -0.394 e. The fraction of sp³-hybridized carbons (Fsp3) is 1.00. The minimum atomic E-state index is -1.36. The SMILES string of the molecule is CCCCCCO[C@@H]1O[C@H](CO)[C@@H](O)[C@@H](O)[C@H]1O. The zero-order valence-electron chi connectivity index (χ0n) is 10.7. The Morgan fingerprint density at radius 2 is 1.72 bits per heavy atom. The number of hydrogen-bond donors (Lipinski definition) is 4. The van der Waals surface area contributed by atoms with Crippen LogP contribution in [0.2, 0.25) is 0 Å². The molecule has 4 N–H and O–H groups in total. The standard InChI is InChI=1S/C12H24O6/c1-2-3-4-5-6-17-12-11(16)10(15)9(14)8(7-13)18-12/h8-16H,2-7H2,1H3/t8-,9-,10-,11-,12-/m1/s1. The largest absolute Gasteiger partial charge is 0.394 e. The van der Waals surface area contributed by atoms with Crippen molar-refractivity contribution in [3.63, 3.8) is 0 Å². The Bertz CT molecular complexity index is 223. The zero-order chi connectivity index (χ0) is 13.5. The molecular weight excluding hydrogens is 240 g/mol. The average molecular weight is 264 g/mol. The van der Waals surface area contributed by atoms with Crippen molar-refractivity contribution >= 4 is 0 Å². The van der Waals surface area contributed by atoms with Crippen LogP contribution in [0, 0.1) is 0 Å². The molecule has 0 bridgehead atoms. The van der Waals surface area contributed by atoms with Crippen LogP contribution in [-0.2, 0) is 9.47 Å². The molecule has 1 saturated heterocycles. The van der Waals surface area contributed by atoms with E-state index in [1.165, 1.54) is 0 Å². The zero-order valence-corrected chi connectivity index (χ0v) is 10.7. The molecule has 0 aromatic carbocycles. The van der Waals surface area contributed by atoms with Gasteiger partial charge < -0.3 is 29.9 Å². The molecule has 0 aromatic rings. The predicted molar refractivity (Wildman–Crippen MR) is 63.9 cm³/mol. The second-order valence-electron chi connectivity index (χ2n) is 4.63.